The van der Waals surface area contributed by atoms with Crippen molar-refractivity contribution in [2.45, 2.75) is 25.4 Å². The number of para-hydroxylation sites is 1. The fourth-order valence-electron chi connectivity index (χ4n) is 3.65. The summed E-state index contributed by atoms with van der Waals surface area (Å²) in [6.45, 7) is 3.41. The van der Waals surface area contributed by atoms with Gasteiger partial charge >= 0.3 is 5.97 Å². The van der Waals surface area contributed by atoms with Gasteiger partial charge in [0.1, 0.15) is 6.04 Å². The number of ether oxygens (including phenoxy) is 1. The molecule has 2 aromatic heterocycles. The van der Waals surface area contributed by atoms with Crippen molar-refractivity contribution in [1.29, 1.82) is 0 Å². The van der Waals surface area contributed by atoms with Crippen LogP contribution in [0.15, 0.2) is 36.7 Å². The van der Waals surface area contributed by atoms with Gasteiger partial charge in [-0.2, -0.15) is 0 Å². The van der Waals surface area contributed by atoms with E-state index in [1.807, 2.05) is 37.4 Å². The van der Waals surface area contributed by atoms with Crippen LogP contribution in [0.2, 0.25) is 5.02 Å². The number of aromatic amines is 1. The number of aromatic nitrogens is 3. The zero-order chi connectivity index (χ0) is 19.7. The number of H-pyrrole nitrogens is 1. The summed E-state index contributed by atoms with van der Waals surface area (Å²) in [6.07, 6.45) is 4.44. The first-order valence-corrected chi connectivity index (χ1v) is 9.62. The molecule has 1 saturated heterocycles. The Morgan fingerprint density at radius 3 is 3.07 bits per heavy atom. The van der Waals surface area contributed by atoms with Crippen molar-refractivity contribution in [3.8, 4) is 11.3 Å². The lowest BCUT2D eigenvalue weighted by atomic mass is 10.1. The molecule has 1 aromatic carbocycles. The Morgan fingerprint density at radius 2 is 2.25 bits per heavy atom. The second-order valence-corrected chi connectivity index (χ2v) is 7.37. The standard InChI is InChI=1S/C20H22ClN5O2/c1-12(19(27)28-2)26-8-7-13(11-26)24-20-23-10-16(21)18(25-20)15-9-22-17-6-4-3-5-14(15)17/h3-6,9-10,12-13,22H,7-8,11H2,1-2H3,(H,23,24,25). The molecule has 0 amide bonds. The summed E-state index contributed by atoms with van der Waals surface area (Å²) in [5.74, 6) is 0.312. The van der Waals surface area contributed by atoms with E-state index >= 15 is 0 Å². The summed E-state index contributed by atoms with van der Waals surface area (Å²) in [4.78, 5) is 26.1. The Labute approximate surface area is 168 Å². The quantitative estimate of drug-likeness (QED) is 0.640. The smallest absolute Gasteiger partial charge is 0.322 e. The molecular formula is C20H22ClN5O2. The third-order valence-corrected chi connectivity index (χ3v) is 5.51. The number of hydrogen-bond donors (Lipinski definition) is 2. The zero-order valence-electron chi connectivity index (χ0n) is 15.8. The van der Waals surface area contributed by atoms with Crippen LogP contribution in [0.5, 0.6) is 0 Å². The number of likely N-dealkylation sites (tertiary alicyclic amines) is 1. The molecule has 4 rings (SSSR count). The minimum Gasteiger partial charge on any atom is -0.468 e. The van der Waals surface area contributed by atoms with E-state index in [4.69, 9.17) is 16.3 Å². The fourth-order valence-corrected chi connectivity index (χ4v) is 3.84. The summed E-state index contributed by atoms with van der Waals surface area (Å²) in [7, 11) is 1.42. The van der Waals surface area contributed by atoms with Crippen LogP contribution in [0, 0.1) is 0 Å². The summed E-state index contributed by atoms with van der Waals surface area (Å²) < 4.78 is 4.84. The van der Waals surface area contributed by atoms with Gasteiger partial charge in [0.25, 0.3) is 0 Å². The average molecular weight is 400 g/mol. The first kappa shape index (κ1) is 18.7. The lowest BCUT2D eigenvalue weighted by Crippen LogP contribution is -2.39. The van der Waals surface area contributed by atoms with Gasteiger partial charge in [-0.15, -0.1) is 0 Å². The monoisotopic (exact) mass is 399 g/mol. The number of hydrogen-bond acceptors (Lipinski definition) is 6. The van der Waals surface area contributed by atoms with Crippen LogP contribution >= 0.6 is 11.6 Å². The van der Waals surface area contributed by atoms with Crippen molar-refractivity contribution < 1.29 is 9.53 Å². The van der Waals surface area contributed by atoms with Gasteiger partial charge in [0.15, 0.2) is 0 Å². The molecule has 7 nitrogen and oxygen atoms in total. The molecule has 0 aliphatic carbocycles. The lowest BCUT2D eigenvalue weighted by molar-refractivity contribution is -0.145. The summed E-state index contributed by atoms with van der Waals surface area (Å²) in [5.41, 5.74) is 2.66. The van der Waals surface area contributed by atoms with Gasteiger partial charge in [-0.25, -0.2) is 9.97 Å². The molecule has 8 heteroatoms. The number of carbonyl (C=O) groups is 1. The molecule has 1 aliphatic rings. The van der Waals surface area contributed by atoms with Crippen molar-refractivity contribution >= 4 is 34.4 Å². The van der Waals surface area contributed by atoms with Gasteiger partial charge in [0.2, 0.25) is 5.95 Å². The number of rotatable bonds is 5. The maximum atomic E-state index is 11.8. The third kappa shape index (κ3) is 3.55. The highest BCUT2D eigenvalue weighted by Gasteiger charge is 2.30. The lowest BCUT2D eigenvalue weighted by Gasteiger charge is -2.22. The van der Waals surface area contributed by atoms with E-state index in [1.165, 1.54) is 7.11 Å². The van der Waals surface area contributed by atoms with Crippen LogP contribution in [-0.4, -0.2) is 58.1 Å². The molecule has 1 aliphatic heterocycles. The summed E-state index contributed by atoms with van der Waals surface area (Å²) in [6, 6.07) is 7.93. The SMILES string of the molecule is COC(=O)C(C)N1CCC(Nc2ncc(Cl)c(-c3c[nH]c4ccccc34)n2)C1. The van der Waals surface area contributed by atoms with E-state index in [-0.39, 0.29) is 18.1 Å². The number of anilines is 1. The van der Waals surface area contributed by atoms with Crippen molar-refractivity contribution in [2.75, 3.05) is 25.5 Å². The average Bonchev–Trinajstić information content (AvgIpc) is 3.35. The van der Waals surface area contributed by atoms with E-state index in [1.54, 1.807) is 6.20 Å². The van der Waals surface area contributed by atoms with Crippen LogP contribution in [0.1, 0.15) is 13.3 Å². The normalized spacial score (nSPS) is 18.3. The van der Waals surface area contributed by atoms with Crippen molar-refractivity contribution in [2.24, 2.45) is 0 Å². The molecule has 2 atom stereocenters. The van der Waals surface area contributed by atoms with Gasteiger partial charge in [-0.3, -0.25) is 9.69 Å². The van der Waals surface area contributed by atoms with E-state index in [0.29, 0.717) is 16.7 Å². The third-order valence-electron chi connectivity index (χ3n) is 5.23. The highest BCUT2D eigenvalue weighted by Crippen LogP contribution is 2.32. The molecule has 3 heterocycles. The molecule has 2 N–H and O–H groups in total. The first-order chi connectivity index (χ1) is 13.6. The highest BCUT2D eigenvalue weighted by atomic mass is 35.5. The van der Waals surface area contributed by atoms with Crippen LogP contribution in [-0.2, 0) is 9.53 Å². The van der Waals surface area contributed by atoms with Crippen molar-refractivity contribution in [3.63, 3.8) is 0 Å². The second kappa shape index (κ2) is 7.77. The maximum absolute atomic E-state index is 11.8. The Morgan fingerprint density at radius 1 is 1.43 bits per heavy atom. The number of nitrogens with zero attached hydrogens (tertiary/aromatic N) is 3. The Balaban J connectivity index is 1.53. The topological polar surface area (TPSA) is 83.1 Å². The largest absolute Gasteiger partial charge is 0.468 e. The van der Waals surface area contributed by atoms with E-state index in [9.17, 15) is 4.79 Å². The Kier molecular flexibility index (Phi) is 5.19. The predicted octanol–water partition coefficient (Wildman–Crippen LogP) is 3.33. The highest BCUT2D eigenvalue weighted by molar-refractivity contribution is 6.33. The summed E-state index contributed by atoms with van der Waals surface area (Å²) in [5, 5.41) is 4.94. The first-order valence-electron chi connectivity index (χ1n) is 9.24. The molecule has 0 bridgehead atoms. The van der Waals surface area contributed by atoms with Gasteiger partial charge in [0, 0.05) is 41.8 Å². The maximum Gasteiger partial charge on any atom is 0.322 e. The zero-order valence-corrected chi connectivity index (χ0v) is 16.5. The molecule has 146 valence electrons. The van der Waals surface area contributed by atoms with Crippen LogP contribution in [0.3, 0.4) is 0 Å². The molecule has 0 spiro atoms. The number of nitrogens with one attached hydrogen (secondary N) is 2. The number of benzene rings is 1. The van der Waals surface area contributed by atoms with Crippen LogP contribution in [0.25, 0.3) is 22.2 Å². The van der Waals surface area contributed by atoms with E-state index in [2.05, 4.69) is 25.2 Å². The second-order valence-electron chi connectivity index (χ2n) is 6.96. The van der Waals surface area contributed by atoms with Gasteiger partial charge in [0.05, 0.1) is 24.0 Å². The van der Waals surface area contributed by atoms with Crippen molar-refractivity contribution in [3.05, 3.63) is 41.7 Å². The van der Waals surface area contributed by atoms with Gasteiger partial charge < -0.3 is 15.0 Å². The van der Waals surface area contributed by atoms with Crippen LogP contribution < -0.4 is 5.32 Å². The summed E-state index contributed by atoms with van der Waals surface area (Å²) >= 11 is 6.39. The minimum atomic E-state index is -0.260. The fraction of sp³-hybridized carbons (Fsp3) is 0.350. The molecule has 0 saturated carbocycles. The van der Waals surface area contributed by atoms with Gasteiger partial charge in [-0.1, -0.05) is 29.8 Å². The molecule has 28 heavy (non-hydrogen) atoms. The Bertz CT molecular complexity index is 1010. The molecular weight excluding hydrogens is 378 g/mol. The molecule has 0 radical (unpaired) electrons. The minimum absolute atomic E-state index is 0.157. The predicted molar refractivity (Wildman–Crippen MR) is 109 cm³/mol. The number of esters is 1. The van der Waals surface area contributed by atoms with E-state index in [0.717, 1.165) is 36.0 Å². The number of fused-ring (bicyclic) bond motifs is 1. The molecule has 3 aromatic rings. The van der Waals surface area contributed by atoms with E-state index < -0.39 is 0 Å². The number of halogens is 1. The Hall–Kier alpha value is -2.64. The van der Waals surface area contributed by atoms with Crippen molar-refractivity contribution in [1.82, 2.24) is 19.9 Å². The molecule has 1 fully saturated rings. The number of methoxy groups -OCH3 is 1. The van der Waals surface area contributed by atoms with Gasteiger partial charge in [-0.05, 0) is 19.4 Å². The molecule has 2 unspecified atom stereocenters. The van der Waals surface area contributed by atoms with Crippen LogP contribution in [0.4, 0.5) is 5.95 Å². The number of carbonyl (C=O) groups excluding carboxylic acids is 1.